The van der Waals surface area contributed by atoms with Gasteiger partial charge in [0.15, 0.2) is 0 Å². The monoisotopic (exact) mass is 273 g/mol. The van der Waals surface area contributed by atoms with E-state index >= 15 is 0 Å². The molecule has 92 valence electrons. The van der Waals surface area contributed by atoms with Gasteiger partial charge in [0.25, 0.3) is 0 Å². The predicted molar refractivity (Wildman–Crippen MR) is 68.6 cm³/mol. The minimum absolute atomic E-state index is 0.143. The Morgan fingerprint density at radius 3 is 2.53 bits per heavy atom. The van der Waals surface area contributed by atoms with Gasteiger partial charge in [-0.3, -0.25) is 4.79 Å². The third-order valence-electron chi connectivity index (χ3n) is 3.35. The summed E-state index contributed by atoms with van der Waals surface area (Å²) in [7, 11) is 0. The van der Waals surface area contributed by atoms with Crippen molar-refractivity contribution >= 4 is 34.9 Å². The lowest BCUT2D eigenvalue weighted by atomic mass is 9.72. The van der Waals surface area contributed by atoms with E-state index in [1.807, 2.05) is 0 Å². The van der Waals surface area contributed by atoms with Gasteiger partial charge in [0, 0.05) is 5.02 Å². The van der Waals surface area contributed by atoms with Gasteiger partial charge in [-0.25, -0.2) is 0 Å². The molecule has 0 bridgehead atoms. The molecule has 0 radical (unpaired) electrons. The maximum atomic E-state index is 11.4. The van der Waals surface area contributed by atoms with Gasteiger partial charge in [-0.1, -0.05) is 29.6 Å². The largest absolute Gasteiger partial charge is 0.481 e. The first-order valence-electron chi connectivity index (χ1n) is 5.48. The summed E-state index contributed by atoms with van der Waals surface area (Å²) in [6, 6.07) is 3.14. The van der Waals surface area contributed by atoms with Crippen LogP contribution in [0.1, 0.15) is 30.7 Å². The highest BCUT2D eigenvalue weighted by molar-refractivity contribution is 6.36. The van der Waals surface area contributed by atoms with E-state index in [4.69, 9.17) is 28.9 Å². The number of carboxylic acid groups (broad SMARTS) is 1. The topological polar surface area (TPSA) is 63.3 Å². The van der Waals surface area contributed by atoms with Crippen LogP contribution in [0.5, 0.6) is 0 Å². The average Bonchev–Trinajstić information content (AvgIpc) is 2.16. The van der Waals surface area contributed by atoms with Gasteiger partial charge in [-0.15, -0.1) is 0 Å². The standard InChI is InChI=1S/C12H13Cl2NO2/c13-7-4-8(11(15)9(14)5-7)10(12(16)17)6-2-1-3-6/h4-6,10H,1-3,15H2,(H,16,17). The van der Waals surface area contributed by atoms with E-state index in [2.05, 4.69) is 0 Å². The average molecular weight is 274 g/mol. The fourth-order valence-corrected chi connectivity index (χ4v) is 2.73. The van der Waals surface area contributed by atoms with Crippen molar-refractivity contribution in [3.05, 3.63) is 27.7 Å². The van der Waals surface area contributed by atoms with Crippen molar-refractivity contribution < 1.29 is 9.90 Å². The minimum Gasteiger partial charge on any atom is -0.481 e. The molecular weight excluding hydrogens is 261 g/mol. The molecule has 1 aliphatic rings. The molecule has 3 nitrogen and oxygen atoms in total. The second-order valence-corrected chi connectivity index (χ2v) is 5.24. The molecule has 17 heavy (non-hydrogen) atoms. The van der Waals surface area contributed by atoms with Crippen LogP contribution in [0.15, 0.2) is 12.1 Å². The molecule has 1 atom stereocenters. The van der Waals surface area contributed by atoms with Crippen LogP contribution in [0.4, 0.5) is 5.69 Å². The predicted octanol–water partition coefficient (Wildman–Crippen LogP) is 3.54. The zero-order valence-corrected chi connectivity index (χ0v) is 10.6. The van der Waals surface area contributed by atoms with Crippen LogP contribution in [0.2, 0.25) is 10.0 Å². The smallest absolute Gasteiger partial charge is 0.311 e. The lowest BCUT2D eigenvalue weighted by Crippen LogP contribution is -2.27. The molecule has 0 saturated heterocycles. The zero-order chi connectivity index (χ0) is 12.6. The first-order valence-corrected chi connectivity index (χ1v) is 6.23. The van der Waals surface area contributed by atoms with E-state index in [0.717, 1.165) is 19.3 Å². The van der Waals surface area contributed by atoms with Crippen molar-refractivity contribution in [2.45, 2.75) is 25.2 Å². The maximum Gasteiger partial charge on any atom is 0.311 e. The van der Waals surface area contributed by atoms with Gasteiger partial charge in [0.2, 0.25) is 0 Å². The summed E-state index contributed by atoms with van der Waals surface area (Å²) in [6.07, 6.45) is 2.91. The quantitative estimate of drug-likeness (QED) is 0.828. The number of halogens is 2. The Morgan fingerprint density at radius 2 is 2.06 bits per heavy atom. The fourth-order valence-electron chi connectivity index (χ4n) is 2.22. The van der Waals surface area contributed by atoms with Gasteiger partial charge in [0.05, 0.1) is 16.6 Å². The van der Waals surface area contributed by atoms with Crippen molar-refractivity contribution in [2.24, 2.45) is 5.92 Å². The summed E-state index contributed by atoms with van der Waals surface area (Å²) in [4.78, 5) is 11.4. The van der Waals surface area contributed by atoms with Gasteiger partial charge in [-0.05, 0) is 36.5 Å². The van der Waals surface area contributed by atoms with E-state index in [9.17, 15) is 9.90 Å². The number of nitrogen functional groups attached to an aromatic ring is 1. The Hall–Kier alpha value is -0.930. The Balaban J connectivity index is 2.45. The molecular formula is C12H13Cl2NO2. The summed E-state index contributed by atoms with van der Waals surface area (Å²) in [5, 5.41) is 10.1. The van der Waals surface area contributed by atoms with E-state index in [-0.39, 0.29) is 5.92 Å². The van der Waals surface area contributed by atoms with Crippen LogP contribution < -0.4 is 5.73 Å². The molecule has 0 spiro atoms. The van der Waals surface area contributed by atoms with Crippen LogP contribution in [0.3, 0.4) is 0 Å². The summed E-state index contributed by atoms with van der Waals surface area (Å²) in [5.74, 6) is -1.32. The lowest BCUT2D eigenvalue weighted by Gasteiger charge is -2.32. The first kappa shape index (κ1) is 12.5. The van der Waals surface area contributed by atoms with Crippen LogP contribution in [0.25, 0.3) is 0 Å². The SMILES string of the molecule is Nc1c(Cl)cc(Cl)cc1C(C(=O)O)C1CCC1. The molecule has 1 unspecified atom stereocenters. The van der Waals surface area contributed by atoms with Crippen molar-refractivity contribution in [2.75, 3.05) is 5.73 Å². The normalized spacial score (nSPS) is 17.5. The number of hydrogen-bond donors (Lipinski definition) is 2. The van der Waals surface area contributed by atoms with Crippen molar-refractivity contribution in [3.8, 4) is 0 Å². The molecule has 3 N–H and O–H groups in total. The number of carbonyl (C=O) groups is 1. The first-order chi connectivity index (χ1) is 8.00. The number of carboxylic acids is 1. The number of benzene rings is 1. The molecule has 1 saturated carbocycles. The summed E-state index contributed by atoms with van der Waals surface area (Å²) in [6.45, 7) is 0. The summed E-state index contributed by atoms with van der Waals surface area (Å²) in [5.41, 5.74) is 6.72. The molecule has 0 heterocycles. The number of anilines is 1. The Bertz CT molecular complexity index is 458. The molecule has 1 aliphatic carbocycles. The Labute approximate surface area is 110 Å². The zero-order valence-electron chi connectivity index (χ0n) is 9.12. The van der Waals surface area contributed by atoms with Crippen LogP contribution in [-0.4, -0.2) is 11.1 Å². The molecule has 1 fully saturated rings. The third kappa shape index (κ3) is 2.35. The van der Waals surface area contributed by atoms with Gasteiger partial charge in [0.1, 0.15) is 0 Å². The van der Waals surface area contributed by atoms with Crippen molar-refractivity contribution in [1.82, 2.24) is 0 Å². The van der Waals surface area contributed by atoms with Gasteiger partial charge in [-0.2, -0.15) is 0 Å². The molecule has 1 aromatic carbocycles. The van der Waals surface area contributed by atoms with Crippen molar-refractivity contribution in [1.29, 1.82) is 0 Å². The van der Waals surface area contributed by atoms with Crippen LogP contribution >= 0.6 is 23.2 Å². The lowest BCUT2D eigenvalue weighted by molar-refractivity contribution is -0.141. The third-order valence-corrected chi connectivity index (χ3v) is 3.88. The second kappa shape index (κ2) is 4.75. The maximum absolute atomic E-state index is 11.4. The Morgan fingerprint density at radius 1 is 1.41 bits per heavy atom. The fraction of sp³-hybridized carbons (Fsp3) is 0.417. The molecule has 0 amide bonds. The molecule has 0 aromatic heterocycles. The molecule has 1 aromatic rings. The number of nitrogens with two attached hydrogens (primary N) is 1. The molecule has 2 rings (SSSR count). The highest BCUT2D eigenvalue weighted by atomic mass is 35.5. The highest BCUT2D eigenvalue weighted by Gasteiger charge is 2.35. The minimum atomic E-state index is -0.861. The summed E-state index contributed by atoms with van der Waals surface area (Å²) < 4.78 is 0. The molecule has 5 heteroatoms. The molecule has 0 aliphatic heterocycles. The second-order valence-electron chi connectivity index (χ2n) is 4.40. The summed E-state index contributed by atoms with van der Waals surface area (Å²) >= 11 is 11.8. The van der Waals surface area contributed by atoms with Crippen LogP contribution in [-0.2, 0) is 4.79 Å². The van der Waals surface area contributed by atoms with Gasteiger partial charge < -0.3 is 10.8 Å². The van der Waals surface area contributed by atoms with Crippen molar-refractivity contribution in [3.63, 3.8) is 0 Å². The Kier molecular flexibility index (Phi) is 3.50. The number of aliphatic carboxylic acids is 1. The number of hydrogen-bond acceptors (Lipinski definition) is 2. The van der Waals surface area contributed by atoms with Gasteiger partial charge >= 0.3 is 5.97 Å². The van der Waals surface area contributed by atoms with E-state index < -0.39 is 11.9 Å². The van der Waals surface area contributed by atoms with Crippen LogP contribution in [0, 0.1) is 5.92 Å². The van der Waals surface area contributed by atoms with E-state index in [1.165, 1.54) is 6.07 Å². The number of rotatable bonds is 3. The highest BCUT2D eigenvalue weighted by Crippen LogP contribution is 2.43. The van der Waals surface area contributed by atoms with E-state index in [0.29, 0.717) is 21.3 Å². The van der Waals surface area contributed by atoms with E-state index in [1.54, 1.807) is 6.07 Å².